The topological polar surface area (TPSA) is 59.6 Å². The highest BCUT2D eigenvalue weighted by molar-refractivity contribution is 5.89. The van der Waals surface area contributed by atoms with Crippen molar-refractivity contribution >= 4 is 11.7 Å². The third-order valence-electron chi connectivity index (χ3n) is 4.15. The average Bonchev–Trinajstić information content (AvgIpc) is 2.73. The first-order valence-corrected chi connectivity index (χ1v) is 8.61. The van der Waals surface area contributed by atoms with Crippen molar-refractivity contribution in [2.24, 2.45) is 0 Å². The zero-order valence-electron chi connectivity index (χ0n) is 15.4. The molecule has 0 aliphatic carbocycles. The number of nitrogens with one attached hydrogen (secondary N) is 2. The maximum atomic E-state index is 12.1. The molecule has 2 amide bonds. The Balaban J connectivity index is 1.56. The minimum absolute atomic E-state index is 0.266. The third-order valence-corrected chi connectivity index (χ3v) is 4.15. The van der Waals surface area contributed by atoms with Crippen LogP contribution in [0.25, 0.3) is 11.1 Å². The first-order valence-electron chi connectivity index (χ1n) is 8.61. The van der Waals surface area contributed by atoms with E-state index in [4.69, 9.17) is 9.47 Å². The van der Waals surface area contributed by atoms with Crippen LogP contribution in [0.5, 0.6) is 11.5 Å². The molecule has 0 unspecified atom stereocenters. The highest BCUT2D eigenvalue weighted by Gasteiger charge is 2.06. The van der Waals surface area contributed by atoms with E-state index in [1.165, 1.54) is 0 Å². The van der Waals surface area contributed by atoms with E-state index in [-0.39, 0.29) is 6.03 Å². The molecule has 0 heterocycles. The predicted octanol–water partition coefficient (Wildman–Crippen LogP) is 4.69. The molecule has 2 N–H and O–H groups in total. The van der Waals surface area contributed by atoms with E-state index >= 15 is 0 Å². The van der Waals surface area contributed by atoms with Gasteiger partial charge in [-0.3, -0.25) is 0 Å². The summed E-state index contributed by atoms with van der Waals surface area (Å²) in [5.41, 5.74) is 3.90. The maximum Gasteiger partial charge on any atom is 0.319 e. The summed E-state index contributed by atoms with van der Waals surface area (Å²) in [6.45, 7) is 0.383. The van der Waals surface area contributed by atoms with Crippen LogP contribution in [0.3, 0.4) is 0 Å². The van der Waals surface area contributed by atoms with Gasteiger partial charge in [0.25, 0.3) is 0 Å². The van der Waals surface area contributed by atoms with Crippen molar-refractivity contribution in [1.29, 1.82) is 0 Å². The van der Waals surface area contributed by atoms with E-state index in [2.05, 4.69) is 22.8 Å². The molecular weight excluding hydrogens is 340 g/mol. The van der Waals surface area contributed by atoms with Crippen LogP contribution in [0.15, 0.2) is 72.8 Å². The average molecular weight is 362 g/mol. The van der Waals surface area contributed by atoms with Gasteiger partial charge in [-0.25, -0.2) is 4.79 Å². The summed E-state index contributed by atoms with van der Waals surface area (Å²) in [6.07, 6.45) is 0. The lowest BCUT2D eigenvalue weighted by Gasteiger charge is -2.11. The van der Waals surface area contributed by atoms with E-state index in [0.29, 0.717) is 18.0 Å². The van der Waals surface area contributed by atoms with E-state index in [1.807, 2.05) is 60.7 Å². The van der Waals surface area contributed by atoms with Crippen LogP contribution < -0.4 is 20.1 Å². The van der Waals surface area contributed by atoms with E-state index in [0.717, 1.165) is 22.4 Å². The molecule has 0 spiro atoms. The van der Waals surface area contributed by atoms with Gasteiger partial charge in [-0.05, 0) is 41.0 Å². The molecule has 0 fully saturated rings. The molecule has 0 atom stereocenters. The predicted molar refractivity (Wildman–Crippen MR) is 107 cm³/mol. The highest BCUT2D eigenvalue weighted by Crippen LogP contribution is 2.27. The van der Waals surface area contributed by atoms with Crippen LogP contribution in [-0.4, -0.2) is 20.3 Å². The van der Waals surface area contributed by atoms with Gasteiger partial charge in [0.2, 0.25) is 0 Å². The number of benzene rings is 3. The summed E-state index contributed by atoms with van der Waals surface area (Å²) in [5, 5.41) is 5.67. The molecule has 3 aromatic carbocycles. The standard InChI is InChI=1S/C22H22N2O3/c1-26-20-13-8-16(14-21(20)27-2)15-23-22(25)24-19-11-9-18(10-12-19)17-6-4-3-5-7-17/h3-14H,15H2,1-2H3,(H2,23,24,25). The number of ether oxygens (including phenoxy) is 2. The molecule has 0 aliphatic heterocycles. The van der Waals surface area contributed by atoms with Gasteiger partial charge in [-0.15, -0.1) is 0 Å². The van der Waals surface area contributed by atoms with Crippen molar-refractivity contribution in [1.82, 2.24) is 5.32 Å². The Bertz CT molecular complexity index is 893. The van der Waals surface area contributed by atoms with Crippen molar-refractivity contribution in [2.75, 3.05) is 19.5 Å². The summed E-state index contributed by atoms with van der Waals surface area (Å²) in [4.78, 5) is 12.1. The summed E-state index contributed by atoms with van der Waals surface area (Å²) in [6, 6.07) is 23.1. The van der Waals surface area contributed by atoms with Gasteiger partial charge < -0.3 is 20.1 Å². The van der Waals surface area contributed by atoms with Gasteiger partial charge in [0.1, 0.15) is 0 Å². The lowest BCUT2D eigenvalue weighted by atomic mass is 10.1. The molecule has 5 nitrogen and oxygen atoms in total. The van der Waals surface area contributed by atoms with E-state index < -0.39 is 0 Å². The molecule has 0 saturated carbocycles. The van der Waals surface area contributed by atoms with Gasteiger partial charge in [0.15, 0.2) is 11.5 Å². The molecule has 0 bridgehead atoms. The number of carbonyl (C=O) groups excluding carboxylic acids is 1. The van der Waals surface area contributed by atoms with Gasteiger partial charge in [0.05, 0.1) is 14.2 Å². The summed E-state index contributed by atoms with van der Waals surface area (Å²) < 4.78 is 10.5. The van der Waals surface area contributed by atoms with Gasteiger partial charge >= 0.3 is 6.03 Å². The minimum Gasteiger partial charge on any atom is -0.493 e. The zero-order chi connectivity index (χ0) is 19.1. The second-order valence-corrected chi connectivity index (χ2v) is 5.94. The van der Waals surface area contributed by atoms with Gasteiger partial charge in [-0.2, -0.15) is 0 Å². The number of hydrogen-bond acceptors (Lipinski definition) is 3. The first-order chi connectivity index (χ1) is 13.2. The molecule has 0 aromatic heterocycles. The minimum atomic E-state index is -0.266. The Labute approximate surface area is 158 Å². The number of methoxy groups -OCH3 is 2. The molecule has 138 valence electrons. The largest absolute Gasteiger partial charge is 0.493 e. The van der Waals surface area contributed by atoms with Crippen LogP contribution in [0.1, 0.15) is 5.56 Å². The summed E-state index contributed by atoms with van der Waals surface area (Å²) in [7, 11) is 3.17. The quantitative estimate of drug-likeness (QED) is 0.669. The fourth-order valence-corrected chi connectivity index (χ4v) is 2.72. The van der Waals surface area contributed by atoms with Crippen LogP contribution in [0.4, 0.5) is 10.5 Å². The van der Waals surface area contributed by atoms with E-state index in [1.54, 1.807) is 14.2 Å². The van der Waals surface area contributed by atoms with Crippen molar-refractivity contribution in [3.05, 3.63) is 78.4 Å². The maximum absolute atomic E-state index is 12.1. The lowest BCUT2D eigenvalue weighted by molar-refractivity contribution is 0.251. The van der Waals surface area contributed by atoms with Gasteiger partial charge in [-0.1, -0.05) is 48.5 Å². The number of carbonyl (C=O) groups is 1. The Morgan fingerprint density at radius 2 is 1.48 bits per heavy atom. The Hall–Kier alpha value is -3.47. The molecule has 5 heteroatoms. The molecule has 3 rings (SSSR count). The summed E-state index contributed by atoms with van der Waals surface area (Å²) >= 11 is 0. The van der Waals surface area contributed by atoms with E-state index in [9.17, 15) is 4.79 Å². The molecule has 0 radical (unpaired) electrons. The van der Waals surface area contributed by atoms with Crippen LogP contribution >= 0.6 is 0 Å². The Morgan fingerprint density at radius 1 is 0.815 bits per heavy atom. The second kappa shape index (κ2) is 8.76. The van der Waals surface area contributed by atoms with Gasteiger partial charge in [0, 0.05) is 12.2 Å². The number of amides is 2. The lowest BCUT2D eigenvalue weighted by Crippen LogP contribution is -2.28. The van der Waals surface area contributed by atoms with Crippen molar-refractivity contribution < 1.29 is 14.3 Å². The smallest absolute Gasteiger partial charge is 0.319 e. The normalized spacial score (nSPS) is 10.1. The zero-order valence-corrected chi connectivity index (χ0v) is 15.4. The molecular formula is C22H22N2O3. The molecule has 27 heavy (non-hydrogen) atoms. The fourth-order valence-electron chi connectivity index (χ4n) is 2.72. The monoisotopic (exact) mass is 362 g/mol. The van der Waals surface area contributed by atoms with Crippen molar-refractivity contribution in [3.63, 3.8) is 0 Å². The first kappa shape index (κ1) is 18.3. The number of rotatable bonds is 6. The van der Waals surface area contributed by atoms with Crippen LogP contribution in [0.2, 0.25) is 0 Å². The molecule has 3 aromatic rings. The van der Waals surface area contributed by atoms with Crippen molar-refractivity contribution in [2.45, 2.75) is 6.54 Å². The summed E-state index contributed by atoms with van der Waals surface area (Å²) in [5.74, 6) is 1.29. The fraction of sp³-hybridized carbons (Fsp3) is 0.136. The number of anilines is 1. The second-order valence-electron chi connectivity index (χ2n) is 5.94. The molecule has 0 aliphatic rings. The van der Waals surface area contributed by atoms with Crippen LogP contribution in [-0.2, 0) is 6.54 Å². The van der Waals surface area contributed by atoms with Crippen LogP contribution in [0, 0.1) is 0 Å². The number of hydrogen-bond donors (Lipinski definition) is 2. The molecule has 0 saturated heterocycles. The number of urea groups is 1. The Kier molecular flexibility index (Phi) is 5.94. The Morgan fingerprint density at radius 3 is 2.15 bits per heavy atom. The SMILES string of the molecule is COc1ccc(CNC(=O)Nc2ccc(-c3ccccc3)cc2)cc1OC. The third kappa shape index (κ3) is 4.79. The van der Waals surface area contributed by atoms with Crippen molar-refractivity contribution in [3.8, 4) is 22.6 Å². The highest BCUT2D eigenvalue weighted by atomic mass is 16.5.